The second kappa shape index (κ2) is 6.36. The highest BCUT2D eigenvalue weighted by Gasteiger charge is 2.30. The molecule has 1 N–H and O–H groups in total. The molecule has 1 atom stereocenters. The summed E-state index contributed by atoms with van der Waals surface area (Å²) in [6.45, 7) is 2.30. The molecule has 2 amide bonds. The van der Waals surface area contributed by atoms with Crippen LogP contribution >= 0.6 is 0 Å². The van der Waals surface area contributed by atoms with Crippen LogP contribution in [0.5, 0.6) is 0 Å². The third kappa shape index (κ3) is 3.33. The number of hydrogen-bond acceptors (Lipinski definition) is 1. The minimum Gasteiger partial charge on any atom is -0.317 e. The maximum absolute atomic E-state index is 13.6. The van der Waals surface area contributed by atoms with Gasteiger partial charge in [0.1, 0.15) is 11.6 Å². The highest BCUT2D eigenvalue weighted by molar-refractivity contribution is 5.89. The minimum atomic E-state index is -0.348. The van der Waals surface area contributed by atoms with Crippen LogP contribution in [-0.4, -0.2) is 17.5 Å². The zero-order chi connectivity index (χ0) is 16.4. The maximum atomic E-state index is 13.6. The van der Waals surface area contributed by atoms with Gasteiger partial charge in [0.25, 0.3) is 0 Å². The summed E-state index contributed by atoms with van der Waals surface area (Å²) < 4.78 is 26.6. The zero-order valence-electron chi connectivity index (χ0n) is 12.9. The summed E-state index contributed by atoms with van der Waals surface area (Å²) in [6.07, 6.45) is 1.72. The van der Waals surface area contributed by atoms with Gasteiger partial charge in [-0.25, -0.2) is 13.6 Å². The minimum absolute atomic E-state index is 0.0779. The molecule has 0 saturated carbocycles. The van der Waals surface area contributed by atoms with Crippen LogP contribution in [0.4, 0.5) is 19.3 Å². The number of benzene rings is 2. The van der Waals surface area contributed by atoms with Crippen molar-refractivity contribution in [2.45, 2.75) is 25.8 Å². The Morgan fingerprint density at radius 1 is 1.17 bits per heavy atom. The van der Waals surface area contributed by atoms with E-state index in [2.05, 4.69) is 5.32 Å². The normalized spacial score (nSPS) is 17.3. The average molecular weight is 316 g/mol. The standard InChI is InChI=1S/C18H18F2N2O/c1-12-4-9-15(11-16(12)20)21-18(23)22-10-2-3-17(22)13-5-7-14(19)8-6-13/h4-9,11,17H,2-3,10H2,1H3,(H,21,23)/t17-/m0/s1. The van der Waals surface area contributed by atoms with Crippen molar-refractivity contribution in [3.63, 3.8) is 0 Å². The van der Waals surface area contributed by atoms with E-state index in [0.717, 1.165) is 18.4 Å². The van der Waals surface area contributed by atoms with Gasteiger partial charge in [-0.05, 0) is 55.2 Å². The number of carbonyl (C=O) groups is 1. The fourth-order valence-corrected chi connectivity index (χ4v) is 2.91. The predicted octanol–water partition coefficient (Wildman–Crippen LogP) is 4.64. The predicted molar refractivity (Wildman–Crippen MR) is 85.2 cm³/mol. The van der Waals surface area contributed by atoms with Crippen molar-refractivity contribution in [3.05, 3.63) is 65.2 Å². The number of nitrogens with one attached hydrogen (secondary N) is 1. The first-order valence-corrected chi connectivity index (χ1v) is 7.64. The lowest BCUT2D eigenvalue weighted by Crippen LogP contribution is -2.34. The van der Waals surface area contributed by atoms with Crippen LogP contribution in [0.3, 0.4) is 0 Å². The molecule has 2 aromatic carbocycles. The molecule has 5 heteroatoms. The van der Waals surface area contributed by atoms with Gasteiger partial charge in [-0.1, -0.05) is 18.2 Å². The van der Waals surface area contributed by atoms with Crippen LogP contribution in [0.15, 0.2) is 42.5 Å². The first kappa shape index (κ1) is 15.5. The molecule has 0 bridgehead atoms. The molecule has 1 saturated heterocycles. The van der Waals surface area contributed by atoms with Crippen molar-refractivity contribution in [1.29, 1.82) is 0 Å². The lowest BCUT2D eigenvalue weighted by molar-refractivity contribution is 0.207. The summed E-state index contributed by atoms with van der Waals surface area (Å²) in [7, 11) is 0. The molecule has 2 aromatic rings. The fraction of sp³-hybridized carbons (Fsp3) is 0.278. The number of nitrogens with zero attached hydrogens (tertiary/aromatic N) is 1. The number of halogens is 2. The topological polar surface area (TPSA) is 32.3 Å². The molecular weight excluding hydrogens is 298 g/mol. The third-order valence-corrected chi connectivity index (χ3v) is 4.19. The summed E-state index contributed by atoms with van der Waals surface area (Å²) in [4.78, 5) is 14.2. The molecule has 120 valence electrons. The summed E-state index contributed by atoms with van der Waals surface area (Å²) in [5.74, 6) is -0.641. The summed E-state index contributed by atoms with van der Waals surface area (Å²) in [5.41, 5.74) is 1.88. The summed E-state index contributed by atoms with van der Waals surface area (Å²) >= 11 is 0. The van der Waals surface area contributed by atoms with Gasteiger partial charge in [0.15, 0.2) is 0 Å². The Hall–Kier alpha value is -2.43. The number of anilines is 1. The Bertz CT molecular complexity index is 715. The van der Waals surface area contributed by atoms with E-state index in [0.29, 0.717) is 17.8 Å². The second-order valence-electron chi connectivity index (χ2n) is 5.80. The van der Waals surface area contributed by atoms with E-state index in [4.69, 9.17) is 0 Å². The quantitative estimate of drug-likeness (QED) is 0.860. The summed E-state index contributed by atoms with van der Waals surface area (Å²) in [5, 5.41) is 2.74. The molecule has 0 spiro atoms. The van der Waals surface area contributed by atoms with Crippen LogP contribution in [0.25, 0.3) is 0 Å². The highest BCUT2D eigenvalue weighted by Crippen LogP contribution is 2.32. The molecule has 3 rings (SSSR count). The van der Waals surface area contributed by atoms with Gasteiger partial charge in [-0.2, -0.15) is 0 Å². The van der Waals surface area contributed by atoms with Crippen molar-refractivity contribution in [2.24, 2.45) is 0 Å². The van der Waals surface area contributed by atoms with Crippen molar-refractivity contribution >= 4 is 11.7 Å². The van der Waals surface area contributed by atoms with Gasteiger partial charge in [-0.15, -0.1) is 0 Å². The van der Waals surface area contributed by atoms with Gasteiger partial charge in [0, 0.05) is 12.2 Å². The average Bonchev–Trinajstić information content (AvgIpc) is 3.01. The Balaban J connectivity index is 1.75. The second-order valence-corrected chi connectivity index (χ2v) is 5.80. The highest BCUT2D eigenvalue weighted by atomic mass is 19.1. The van der Waals surface area contributed by atoms with Gasteiger partial charge >= 0.3 is 6.03 Å². The number of aryl methyl sites for hydroxylation is 1. The van der Waals surface area contributed by atoms with Gasteiger partial charge in [0.2, 0.25) is 0 Å². The van der Waals surface area contributed by atoms with Crippen LogP contribution in [-0.2, 0) is 0 Å². The fourth-order valence-electron chi connectivity index (χ4n) is 2.91. The third-order valence-electron chi connectivity index (χ3n) is 4.19. The number of amides is 2. The van der Waals surface area contributed by atoms with Crippen LogP contribution in [0, 0.1) is 18.6 Å². The van der Waals surface area contributed by atoms with E-state index in [-0.39, 0.29) is 23.7 Å². The molecule has 1 aliphatic heterocycles. The number of carbonyl (C=O) groups excluding carboxylic acids is 1. The Kier molecular flexibility index (Phi) is 4.28. The monoisotopic (exact) mass is 316 g/mol. The summed E-state index contributed by atoms with van der Waals surface area (Å²) in [6, 6.07) is 10.5. The number of rotatable bonds is 2. The van der Waals surface area contributed by atoms with E-state index in [1.807, 2.05) is 0 Å². The van der Waals surface area contributed by atoms with E-state index in [1.54, 1.807) is 36.1 Å². The smallest absolute Gasteiger partial charge is 0.317 e. The largest absolute Gasteiger partial charge is 0.322 e. The first-order valence-electron chi connectivity index (χ1n) is 7.64. The number of hydrogen-bond donors (Lipinski definition) is 1. The van der Waals surface area contributed by atoms with Gasteiger partial charge in [-0.3, -0.25) is 0 Å². The molecule has 1 heterocycles. The molecule has 0 aliphatic carbocycles. The molecular formula is C18H18F2N2O. The van der Waals surface area contributed by atoms with Crippen molar-refractivity contribution in [1.82, 2.24) is 4.90 Å². The van der Waals surface area contributed by atoms with Crippen molar-refractivity contribution in [2.75, 3.05) is 11.9 Å². The lowest BCUT2D eigenvalue weighted by atomic mass is 10.0. The molecule has 0 radical (unpaired) electrons. The Labute approximate surface area is 133 Å². The Morgan fingerprint density at radius 2 is 1.91 bits per heavy atom. The first-order chi connectivity index (χ1) is 11.0. The molecule has 23 heavy (non-hydrogen) atoms. The van der Waals surface area contributed by atoms with Crippen LogP contribution < -0.4 is 5.32 Å². The van der Waals surface area contributed by atoms with Crippen molar-refractivity contribution in [3.8, 4) is 0 Å². The van der Waals surface area contributed by atoms with E-state index >= 15 is 0 Å². The number of likely N-dealkylation sites (tertiary alicyclic amines) is 1. The molecule has 0 aromatic heterocycles. The molecule has 1 fully saturated rings. The molecule has 3 nitrogen and oxygen atoms in total. The van der Waals surface area contributed by atoms with E-state index < -0.39 is 0 Å². The van der Waals surface area contributed by atoms with E-state index in [9.17, 15) is 13.6 Å². The zero-order valence-corrected chi connectivity index (χ0v) is 12.9. The molecule has 1 aliphatic rings. The van der Waals surface area contributed by atoms with Gasteiger partial charge in [0.05, 0.1) is 6.04 Å². The van der Waals surface area contributed by atoms with Crippen LogP contribution in [0.1, 0.15) is 30.0 Å². The lowest BCUT2D eigenvalue weighted by Gasteiger charge is -2.25. The van der Waals surface area contributed by atoms with Crippen LogP contribution in [0.2, 0.25) is 0 Å². The molecule has 0 unspecified atom stereocenters. The SMILES string of the molecule is Cc1ccc(NC(=O)N2CCC[C@H]2c2ccc(F)cc2)cc1F. The van der Waals surface area contributed by atoms with Gasteiger partial charge < -0.3 is 10.2 Å². The Morgan fingerprint density at radius 3 is 2.61 bits per heavy atom. The maximum Gasteiger partial charge on any atom is 0.322 e. The van der Waals surface area contributed by atoms with E-state index in [1.165, 1.54) is 18.2 Å². The van der Waals surface area contributed by atoms with Crippen molar-refractivity contribution < 1.29 is 13.6 Å². The number of urea groups is 1.